The maximum atomic E-state index is 6.09. The zero-order chi connectivity index (χ0) is 15.6. The van der Waals surface area contributed by atoms with E-state index in [0.29, 0.717) is 0 Å². The van der Waals surface area contributed by atoms with Gasteiger partial charge in [-0.3, -0.25) is 0 Å². The predicted octanol–water partition coefficient (Wildman–Crippen LogP) is 6.78. The molecule has 1 aliphatic carbocycles. The predicted molar refractivity (Wildman–Crippen MR) is 95.4 cm³/mol. The first-order chi connectivity index (χ1) is 10.8. The minimum absolute atomic E-state index is 0.251. The Hall–Kier alpha value is -0.820. The van der Waals surface area contributed by atoms with Crippen LogP contribution in [0, 0.1) is 0 Å². The van der Waals surface area contributed by atoms with Crippen molar-refractivity contribution in [3.8, 4) is 0 Å². The number of benzene rings is 1. The molecule has 1 nitrogen and oxygen atoms in total. The van der Waals surface area contributed by atoms with Gasteiger partial charge < -0.3 is 4.74 Å². The van der Waals surface area contributed by atoms with E-state index >= 15 is 0 Å². The Bertz CT molecular complexity index is 408. The average molecular weight is 303 g/mol. The number of hydrogen-bond acceptors (Lipinski definition) is 1. The molecule has 1 unspecified atom stereocenters. The van der Waals surface area contributed by atoms with E-state index in [1.807, 2.05) is 0 Å². The monoisotopic (exact) mass is 302 g/mol. The lowest BCUT2D eigenvalue weighted by Crippen LogP contribution is -2.04. The molecule has 0 spiro atoms. The molecule has 0 radical (unpaired) electrons. The second kappa shape index (κ2) is 10.0. The van der Waals surface area contributed by atoms with Crippen molar-refractivity contribution in [2.45, 2.75) is 90.1 Å². The van der Waals surface area contributed by atoms with E-state index in [0.717, 1.165) is 12.5 Å². The van der Waals surface area contributed by atoms with E-state index in [1.54, 1.807) is 0 Å². The quantitative estimate of drug-likeness (QED) is 0.386. The van der Waals surface area contributed by atoms with Gasteiger partial charge in [-0.2, -0.15) is 0 Å². The van der Waals surface area contributed by atoms with Crippen molar-refractivity contribution in [3.05, 3.63) is 35.4 Å². The molecule has 0 N–H and O–H groups in total. The molecule has 1 aliphatic rings. The minimum Gasteiger partial charge on any atom is -0.374 e. The first kappa shape index (κ1) is 17.5. The van der Waals surface area contributed by atoms with Crippen molar-refractivity contribution < 1.29 is 4.74 Å². The van der Waals surface area contributed by atoms with E-state index in [4.69, 9.17) is 4.74 Å². The van der Waals surface area contributed by atoms with Crippen LogP contribution < -0.4 is 0 Å². The SMILES string of the molecule is CCCCCCCCCCOC(C)c1ccccc1C1CC1. The molecule has 1 atom stereocenters. The van der Waals surface area contributed by atoms with Gasteiger partial charge >= 0.3 is 0 Å². The normalized spacial score (nSPS) is 15.9. The lowest BCUT2D eigenvalue weighted by atomic mass is 9.99. The van der Waals surface area contributed by atoms with Gasteiger partial charge in [0.1, 0.15) is 0 Å². The molecule has 0 heterocycles. The van der Waals surface area contributed by atoms with Crippen molar-refractivity contribution in [1.82, 2.24) is 0 Å². The number of rotatable bonds is 12. The summed E-state index contributed by atoms with van der Waals surface area (Å²) in [4.78, 5) is 0. The Morgan fingerprint density at radius 2 is 1.59 bits per heavy atom. The van der Waals surface area contributed by atoms with E-state index in [1.165, 1.54) is 75.3 Å². The van der Waals surface area contributed by atoms with Crippen molar-refractivity contribution in [3.63, 3.8) is 0 Å². The van der Waals surface area contributed by atoms with Gasteiger partial charge in [-0.15, -0.1) is 0 Å². The molecule has 1 saturated carbocycles. The van der Waals surface area contributed by atoms with E-state index in [9.17, 15) is 0 Å². The van der Waals surface area contributed by atoms with Crippen molar-refractivity contribution in [2.75, 3.05) is 6.61 Å². The van der Waals surface area contributed by atoms with Crippen LogP contribution in [0.15, 0.2) is 24.3 Å². The second-order valence-electron chi connectivity index (χ2n) is 6.89. The van der Waals surface area contributed by atoms with Gasteiger partial charge in [0.15, 0.2) is 0 Å². The highest BCUT2D eigenvalue weighted by molar-refractivity contribution is 5.34. The fourth-order valence-corrected chi connectivity index (χ4v) is 3.23. The fraction of sp³-hybridized carbons (Fsp3) is 0.714. The second-order valence-corrected chi connectivity index (χ2v) is 6.89. The highest BCUT2D eigenvalue weighted by atomic mass is 16.5. The number of hydrogen-bond donors (Lipinski definition) is 0. The number of ether oxygens (including phenoxy) is 1. The summed E-state index contributed by atoms with van der Waals surface area (Å²) in [6, 6.07) is 8.87. The molecule has 22 heavy (non-hydrogen) atoms. The lowest BCUT2D eigenvalue weighted by molar-refractivity contribution is 0.0621. The van der Waals surface area contributed by atoms with Crippen LogP contribution in [0.1, 0.15) is 101 Å². The smallest absolute Gasteiger partial charge is 0.0799 e. The third kappa shape index (κ3) is 6.12. The molecule has 0 aromatic heterocycles. The Balaban J connectivity index is 1.57. The summed E-state index contributed by atoms with van der Waals surface area (Å²) in [5.74, 6) is 0.811. The topological polar surface area (TPSA) is 9.23 Å². The van der Waals surface area contributed by atoms with Crippen LogP contribution >= 0.6 is 0 Å². The Morgan fingerprint density at radius 3 is 2.27 bits per heavy atom. The third-order valence-electron chi connectivity index (χ3n) is 4.82. The highest BCUT2D eigenvalue weighted by Gasteiger charge is 2.27. The van der Waals surface area contributed by atoms with Crippen molar-refractivity contribution in [2.24, 2.45) is 0 Å². The van der Waals surface area contributed by atoms with Gasteiger partial charge in [0.25, 0.3) is 0 Å². The van der Waals surface area contributed by atoms with Gasteiger partial charge in [-0.1, -0.05) is 76.1 Å². The molecule has 0 saturated heterocycles. The first-order valence-corrected chi connectivity index (χ1v) is 9.53. The highest BCUT2D eigenvalue weighted by Crippen LogP contribution is 2.43. The summed E-state index contributed by atoms with van der Waals surface area (Å²) in [7, 11) is 0. The number of unbranched alkanes of at least 4 members (excludes halogenated alkanes) is 7. The van der Waals surface area contributed by atoms with Gasteiger partial charge in [0.05, 0.1) is 6.10 Å². The van der Waals surface area contributed by atoms with Crippen molar-refractivity contribution >= 4 is 0 Å². The molecule has 1 fully saturated rings. The molecule has 124 valence electrons. The van der Waals surface area contributed by atoms with Crippen LogP contribution in [0.2, 0.25) is 0 Å². The molecule has 0 amide bonds. The molecule has 0 aliphatic heterocycles. The van der Waals surface area contributed by atoms with Crippen LogP contribution in [-0.4, -0.2) is 6.61 Å². The van der Waals surface area contributed by atoms with Gasteiger partial charge in [0.2, 0.25) is 0 Å². The summed E-state index contributed by atoms with van der Waals surface area (Å²) < 4.78 is 6.09. The summed E-state index contributed by atoms with van der Waals surface area (Å²) in [6.07, 6.45) is 13.9. The molecular formula is C21H34O. The zero-order valence-electron chi connectivity index (χ0n) is 14.7. The van der Waals surface area contributed by atoms with Crippen LogP contribution in [0.3, 0.4) is 0 Å². The lowest BCUT2D eigenvalue weighted by Gasteiger charge is -2.17. The minimum atomic E-state index is 0.251. The van der Waals surface area contributed by atoms with E-state index in [2.05, 4.69) is 38.1 Å². The van der Waals surface area contributed by atoms with Crippen LogP contribution in [0.5, 0.6) is 0 Å². The Labute approximate surface area is 137 Å². The largest absolute Gasteiger partial charge is 0.374 e. The maximum Gasteiger partial charge on any atom is 0.0799 e. The van der Waals surface area contributed by atoms with Crippen molar-refractivity contribution in [1.29, 1.82) is 0 Å². The standard InChI is InChI=1S/C21H34O/c1-3-4-5-6-7-8-9-12-17-22-18(2)20-13-10-11-14-21(20)19-15-16-19/h10-11,13-14,18-19H,3-9,12,15-17H2,1-2H3. The maximum absolute atomic E-state index is 6.09. The molecule has 1 aromatic carbocycles. The molecule has 1 aromatic rings. The van der Waals surface area contributed by atoms with Crippen LogP contribution in [-0.2, 0) is 4.74 Å². The average Bonchev–Trinajstić information content (AvgIpc) is 3.38. The van der Waals surface area contributed by atoms with Gasteiger partial charge in [0, 0.05) is 6.61 Å². The molecular weight excluding hydrogens is 268 g/mol. The van der Waals surface area contributed by atoms with Crippen LogP contribution in [0.4, 0.5) is 0 Å². The third-order valence-corrected chi connectivity index (χ3v) is 4.82. The van der Waals surface area contributed by atoms with Crippen LogP contribution in [0.25, 0.3) is 0 Å². The Kier molecular flexibility index (Phi) is 8.01. The summed E-state index contributed by atoms with van der Waals surface area (Å²) in [5, 5.41) is 0. The Morgan fingerprint density at radius 1 is 0.955 bits per heavy atom. The van der Waals surface area contributed by atoms with Gasteiger partial charge in [-0.25, -0.2) is 0 Å². The molecule has 0 bridgehead atoms. The summed E-state index contributed by atoms with van der Waals surface area (Å²) >= 11 is 0. The molecule has 1 heteroatoms. The van der Waals surface area contributed by atoms with Gasteiger partial charge in [-0.05, 0) is 43.2 Å². The fourth-order valence-electron chi connectivity index (χ4n) is 3.23. The first-order valence-electron chi connectivity index (χ1n) is 9.53. The van der Waals surface area contributed by atoms with E-state index < -0.39 is 0 Å². The van der Waals surface area contributed by atoms with E-state index in [-0.39, 0.29) is 6.10 Å². The summed E-state index contributed by atoms with van der Waals surface area (Å²) in [6.45, 7) is 5.40. The molecule has 2 rings (SSSR count). The summed E-state index contributed by atoms with van der Waals surface area (Å²) in [5.41, 5.74) is 2.95. The zero-order valence-corrected chi connectivity index (χ0v) is 14.7.